The Morgan fingerprint density at radius 2 is 2.00 bits per heavy atom. The van der Waals surface area contributed by atoms with Crippen LogP contribution < -0.4 is 5.73 Å². The lowest BCUT2D eigenvalue weighted by molar-refractivity contribution is -0.138. The molecule has 0 spiro atoms. The molecule has 1 unspecified atom stereocenters. The van der Waals surface area contributed by atoms with E-state index in [0.717, 1.165) is 5.41 Å². The van der Waals surface area contributed by atoms with Crippen molar-refractivity contribution in [3.63, 3.8) is 0 Å². The molecule has 0 aliphatic carbocycles. The SMILES string of the molecule is NC(CC1=CS(=O)(=O)c2ccccc21)C(=O)O. The van der Waals surface area contributed by atoms with Crippen LogP contribution in [-0.2, 0) is 14.6 Å². The molecule has 6 heteroatoms. The Labute approximate surface area is 98.5 Å². The number of hydrogen-bond donors (Lipinski definition) is 2. The highest BCUT2D eigenvalue weighted by Gasteiger charge is 2.28. The van der Waals surface area contributed by atoms with Crippen molar-refractivity contribution in [2.24, 2.45) is 5.73 Å². The molecule has 1 aliphatic heterocycles. The Bertz CT molecular complexity index is 604. The monoisotopic (exact) mass is 253 g/mol. The van der Waals surface area contributed by atoms with Gasteiger partial charge in [0.25, 0.3) is 0 Å². The van der Waals surface area contributed by atoms with Crippen LogP contribution in [0.3, 0.4) is 0 Å². The average Bonchev–Trinajstić information content (AvgIpc) is 2.51. The smallest absolute Gasteiger partial charge is 0.320 e. The second kappa shape index (κ2) is 3.97. The summed E-state index contributed by atoms with van der Waals surface area (Å²) in [4.78, 5) is 10.9. The molecule has 90 valence electrons. The summed E-state index contributed by atoms with van der Waals surface area (Å²) >= 11 is 0. The molecule has 3 N–H and O–H groups in total. The highest BCUT2D eigenvalue weighted by molar-refractivity contribution is 7.95. The summed E-state index contributed by atoms with van der Waals surface area (Å²) in [5, 5.41) is 9.82. The fraction of sp³-hybridized carbons (Fsp3) is 0.182. The summed E-state index contributed by atoms with van der Waals surface area (Å²) in [6.07, 6.45) is 0.00553. The first-order valence-electron chi connectivity index (χ1n) is 4.95. The molecule has 1 aromatic carbocycles. The number of carboxylic acid groups (broad SMARTS) is 1. The van der Waals surface area contributed by atoms with E-state index in [0.29, 0.717) is 11.1 Å². The molecule has 2 rings (SSSR count). The Morgan fingerprint density at radius 3 is 2.65 bits per heavy atom. The van der Waals surface area contributed by atoms with Crippen LogP contribution in [0.25, 0.3) is 5.57 Å². The highest BCUT2D eigenvalue weighted by Crippen LogP contribution is 2.35. The fourth-order valence-corrected chi connectivity index (χ4v) is 3.28. The van der Waals surface area contributed by atoms with Gasteiger partial charge in [-0.3, -0.25) is 4.79 Å². The zero-order chi connectivity index (χ0) is 12.6. The molecule has 1 atom stereocenters. The third kappa shape index (κ3) is 2.09. The molecule has 1 aromatic rings. The maximum absolute atomic E-state index is 11.8. The largest absolute Gasteiger partial charge is 0.480 e. The second-order valence-electron chi connectivity index (χ2n) is 3.83. The van der Waals surface area contributed by atoms with Crippen LogP contribution in [0.5, 0.6) is 0 Å². The van der Waals surface area contributed by atoms with Gasteiger partial charge in [0.05, 0.1) is 4.90 Å². The van der Waals surface area contributed by atoms with Crippen LogP contribution in [0.4, 0.5) is 0 Å². The molecule has 5 nitrogen and oxygen atoms in total. The van der Waals surface area contributed by atoms with Gasteiger partial charge in [-0.05, 0) is 23.6 Å². The van der Waals surface area contributed by atoms with Crippen LogP contribution in [0.1, 0.15) is 12.0 Å². The van der Waals surface area contributed by atoms with E-state index in [1.165, 1.54) is 6.07 Å². The van der Waals surface area contributed by atoms with Crippen molar-refractivity contribution in [3.8, 4) is 0 Å². The van der Waals surface area contributed by atoms with Gasteiger partial charge >= 0.3 is 5.97 Å². The number of benzene rings is 1. The molecule has 0 saturated carbocycles. The molecule has 0 radical (unpaired) electrons. The van der Waals surface area contributed by atoms with Crippen molar-refractivity contribution >= 4 is 21.4 Å². The minimum absolute atomic E-state index is 0.00553. The van der Waals surface area contributed by atoms with E-state index in [4.69, 9.17) is 10.8 Å². The topological polar surface area (TPSA) is 97.5 Å². The van der Waals surface area contributed by atoms with Gasteiger partial charge in [0.1, 0.15) is 6.04 Å². The zero-order valence-electron chi connectivity index (χ0n) is 8.83. The summed E-state index contributed by atoms with van der Waals surface area (Å²) in [6, 6.07) is 5.40. The summed E-state index contributed by atoms with van der Waals surface area (Å²) in [5.74, 6) is -1.15. The molecule has 0 saturated heterocycles. The minimum Gasteiger partial charge on any atom is -0.480 e. The third-order valence-corrected chi connectivity index (χ3v) is 4.16. The number of rotatable bonds is 3. The van der Waals surface area contributed by atoms with Gasteiger partial charge in [-0.1, -0.05) is 18.2 Å². The normalized spacial score (nSPS) is 18.3. The van der Waals surface area contributed by atoms with Crippen molar-refractivity contribution in [2.75, 3.05) is 0 Å². The lowest BCUT2D eigenvalue weighted by Crippen LogP contribution is -2.30. The van der Waals surface area contributed by atoms with E-state index in [1.54, 1.807) is 18.2 Å². The molecule has 0 fully saturated rings. The lowest BCUT2D eigenvalue weighted by Gasteiger charge is -2.07. The minimum atomic E-state index is -3.44. The van der Waals surface area contributed by atoms with Crippen molar-refractivity contribution in [3.05, 3.63) is 35.2 Å². The summed E-state index contributed by atoms with van der Waals surface area (Å²) < 4.78 is 23.5. The number of fused-ring (bicyclic) bond motifs is 1. The van der Waals surface area contributed by atoms with Gasteiger partial charge in [-0.15, -0.1) is 0 Å². The van der Waals surface area contributed by atoms with Crippen LogP contribution in [0, 0.1) is 0 Å². The predicted octanol–water partition coefficient (Wildman–Crippen LogP) is 0.617. The van der Waals surface area contributed by atoms with Crippen molar-refractivity contribution in [1.29, 1.82) is 0 Å². The maximum Gasteiger partial charge on any atom is 0.320 e. The Kier molecular flexibility index (Phi) is 2.76. The predicted molar refractivity (Wildman–Crippen MR) is 61.8 cm³/mol. The van der Waals surface area contributed by atoms with E-state index >= 15 is 0 Å². The van der Waals surface area contributed by atoms with Gasteiger partial charge in [-0.25, -0.2) is 8.42 Å². The maximum atomic E-state index is 11.8. The molecule has 17 heavy (non-hydrogen) atoms. The lowest BCUT2D eigenvalue weighted by atomic mass is 10.0. The number of carboxylic acids is 1. The molecular formula is C11H11NO4S. The summed E-state index contributed by atoms with van der Waals surface area (Å²) in [6.45, 7) is 0. The van der Waals surface area contributed by atoms with Crippen molar-refractivity contribution in [1.82, 2.24) is 0 Å². The molecule has 0 amide bonds. The first-order chi connectivity index (χ1) is 7.92. The van der Waals surface area contributed by atoms with Crippen molar-refractivity contribution < 1.29 is 18.3 Å². The molecular weight excluding hydrogens is 242 g/mol. The molecule has 0 aromatic heterocycles. The van der Waals surface area contributed by atoms with Crippen LogP contribution in [0.15, 0.2) is 34.6 Å². The zero-order valence-corrected chi connectivity index (χ0v) is 9.65. The van der Waals surface area contributed by atoms with Crippen molar-refractivity contribution in [2.45, 2.75) is 17.4 Å². The van der Waals surface area contributed by atoms with E-state index in [-0.39, 0.29) is 11.3 Å². The summed E-state index contributed by atoms with van der Waals surface area (Å²) in [5.41, 5.74) is 6.41. The van der Waals surface area contributed by atoms with Gasteiger partial charge in [-0.2, -0.15) is 0 Å². The quantitative estimate of drug-likeness (QED) is 0.822. The van der Waals surface area contributed by atoms with Gasteiger partial charge < -0.3 is 10.8 Å². The first kappa shape index (κ1) is 11.8. The van der Waals surface area contributed by atoms with E-state index in [9.17, 15) is 13.2 Å². The van der Waals surface area contributed by atoms with Crippen LogP contribution in [0.2, 0.25) is 0 Å². The van der Waals surface area contributed by atoms with E-state index in [2.05, 4.69) is 0 Å². The van der Waals surface area contributed by atoms with Crippen LogP contribution >= 0.6 is 0 Å². The van der Waals surface area contributed by atoms with Gasteiger partial charge in [0.15, 0.2) is 0 Å². The first-order valence-corrected chi connectivity index (χ1v) is 6.50. The second-order valence-corrected chi connectivity index (χ2v) is 5.60. The Balaban J connectivity index is 2.42. The fourth-order valence-electron chi connectivity index (χ4n) is 1.78. The Hall–Kier alpha value is -1.66. The van der Waals surface area contributed by atoms with Gasteiger partial charge in [0.2, 0.25) is 9.84 Å². The number of carbonyl (C=O) groups is 1. The number of sulfone groups is 1. The standard InChI is InChI=1S/C11H11NO4S/c12-9(11(13)14)5-7-6-17(15,16)10-4-2-1-3-8(7)10/h1-4,6,9H,5,12H2,(H,13,14). The average molecular weight is 253 g/mol. The Morgan fingerprint density at radius 1 is 1.35 bits per heavy atom. The molecule has 1 heterocycles. The number of nitrogens with two attached hydrogens (primary N) is 1. The van der Waals surface area contributed by atoms with E-state index < -0.39 is 21.8 Å². The molecule has 0 bridgehead atoms. The van der Waals surface area contributed by atoms with Gasteiger partial charge in [0, 0.05) is 5.41 Å². The highest BCUT2D eigenvalue weighted by atomic mass is 32.2. The number of aliphatic carboxylic acids is 1. The molecule has 1 aliphatic rings. The third-order valence-electron chi connectivity index (χ3n) is 2.59. The summed E-state index contributed by atoms with van der Waals surface area (Å²) in [7, 11) is -3.44. The van der Waals surface area contributed by atoms with E-state index in [1.807, 2.05) is 0 Å². The number of hydrogen-bond acceptors (Lipinski definition) is 4. The van der Waals surface area contributed by atoms with Crippen LogP contribution in [-0.4, -0.2) is 25.5 Å².